The summed E-state index contributed by atoms with van der Waals surface area (Å²) in [5.74, 6) is -0.365. The normalized spacial score (nSPS) is 17.1. The van der Waals surface area contributed by atoms with E-state index < -0.39 is 36.2 Å². The fraction of sp³-hybridized carbons (Fsp3) is 0.312. The van der Waals surface area contributed by atoms with Crippen LogP contribution in [0.25, 0.3) is 11.2 Å². The summed E-state index contributed by atoms with van der Waals surface area (Å²) in [5.41, 5.74) is 1.00. The quantitative estimate of drug-likeness (QED) is 0.707. The maximum absolute atomic E-state index is 13.0. The second kappa shape index (κ2) is 6.66. The first kappa shape index (κ1) is 9.85. The summed E-state index contributed by atoms with van der Waals surface area (Å²) in [6.45, 7) is 3.40. The molecule has 3 heterocycles. The summed E-state index contributed by atoms with van der Waals surface area (Å²) < 4.78 is 76.5. The first-order valence-electron chi connectivity index (χ1n) is 10.3. The van der Waals surface area contributed by atoms with Gasteiger partial charge in [0.1, 0.15) is 5.75 Å². The molecule has 1 unspecified atom stereocenters. The molecule has 1 N–H and O–H groups in total. The van der Waals surface area contributed by atoms with Crippen molar-refractivity contribution >= 4 is 22.3 Å². The zero-order chi connectivity index (χ0) is 23.2. The standard InChI is InChI=1S/C16H18N4O3S/c1-9-7-17-12(10(2)14(9)23-4)8-24(21)16-18-11-5-6-13(22-3)19-15(11)20-16/h5-7H,8H2,1-4H3,(H,18,19,20)/i3D3,5D,6D,7D/hD. The molecule has 0 saturated heterocycles. The van der Waals surface area contributed by atoms with E-state index in [1.54, 1.807) is 13.8 Å². The Balaban J connectivity index is 2.05. The first-order chi connectivity index (χ1) is 14.4. The number of methoxy groups -OCH3 is 2. The second-order valence-corrected chi connectivity index (χ2v) is 6.24. The van der Waals surface area contributed by atoms with Gasteiger partial charge in [0.25, 0.3) is 0 Å². The zero-order valence-electron chi connectivity index (χ0n) is 20.1. The van der Waals surface area contributed by atoms with Crippen molar-refractivity contribution in [2.24, 2.45) is 0 Å². The van der Waals surface area contributed by atoms with Gasteiger partial charge in [-0.2, -0.15) is 9.97 Å². The Morgan fingerprint density at radius 2 is 2.21 bits per heavy atom. The molecular formula is C16H18N4O3S. The molecule has 7 nitrogen and oxygen atoms in total. The largest absolute Gasteiger partial charge is 0.609 e. The number of aromatic amines is 1. The number of aromatic nitrogens is 4. The smallest absolute Gasteiger partial charge is 0.323 e. The highest BCUT2D eigenvalue weighted by Gasteiger charge is 2.21. The molecule has 3 aromatic heterocycles. The topological polar surface area (TPSA) is 96.0 Å². The minimum Gasteiger partial charge on any atom is -0.609 e. The lowest BCUT2D eigenvalue weighted by molar-refractivity contribution is 0.399. The summed E-state index contributed by atoms with van der Waals surface area (Å²) in [6, 6.07) is -1.16. The summed E-state index contributed by atoms with van der Waals surface area (Å²) in [5, 5.41) is -0.270. The van der Waals surface area contributed by atoms with E-state index in [0.29, 0.717) is 27.5 Å². The molecule has 24 heavy (non-hydrogen) atoms. The molecule has 126 valence electrons. The molecule has 8 heteroatoms. The van der Waals surface area contributed by atoms with Crippen LogP contribution in [0.1, 0.15) is 25.0 Å². The Hall–Kier alpha value is -2.32. The predicted octanol–water partition coefficient (Wildman–Crippen LogP) is 2.29. The Kier molecular flexibility index (Phi) is 2.73. The van der Waals surface area contributed by atoms with Gasteiger partial charge in [-0.1, -0.05) is 0 Å². The number of pyridine rings is 2. The van der Waals surface area contributed by atoms with Crippen LogP contribution in [0.2, 0.25) is 1.41 Å². The Morgan fingerprint density at radius 3 is 2.96 bits per heavy atom. The van der Waals surface area contributed by atoms with Gasteiger partial charge in [0.05, 0.1) is 33.6 Å². The minimum absolute atomic E-state index is 0.0331. The third-order valence-electron chi connectivity index (χ3n) is 3.36. The van der Waals surface area contributed by atoms with Crippen molar-refractivity contribution in [2.45, 2.75) is 24.8 Å². The molecule has 0 spiro atoms. The lowest BCUT2D eigenvalue weighted by Gasteiger charge is -2.13. The van der Waals surface area contributed by atoms with Gasteiger partial charge in [-0.3, -0.25) is 9.96 Å². The number of imidazole rings is 1. The molecule has 0 aliphatic heterocycles. The molecule has 0 fully saturated rings. The van der Waals surface area contributed by atoms with E-state index >= 15 is 0 Å². The van der Waals surface area contributed by atoms with Crippen LogP contribution in [0.3, 0.4) is 0 Å². The van der Waals surface area contributed by atoms with Gasteiger partial charge in [0, 0.05) is 34.5 Å². The van der Waals surface area contributed by atoms with Crippen LogP contribution < -0.4 is 9.47 Å². The third-order valence-corrected chi connectivity index (χ3v) is 4.49. The Labute approximate surface area is 152 Å². The van der Waals surface area contributed by atoms with Crippen molar-refractivity contribution in [3.8, 4) is 11.6 Å². The monoisotopic (exact) mass is 353 g/mol. The van der Waals surface area contributed by atoms with Gasteiger partial charge in [-0.25, -0.2) is 0 Å². The van der Waals surface area contributed by atoms with Crippen molar-refractivity contribution in [1.29, 1.82) is 0 Å². The van der Waals surface area contributed by atoms with E-state index in [4.69, 9.17) is 14.4 Å². The highest BCUT2D eigenvalue weighted by Crippen LogP contribution is 2.26. The Morgan fingerprint density at radius 1 is 1.38 bits per heavy atom. The average Bonchev–Trinajstić information content (AvgIpc) is 2.99. The number of rotatable bonds is 5. The van der Waals surface area contributed by atoms with Crippen molar-refractivity contribution in [2.75, 3.05) is 14.1 Å². The summed E-state index contributed by atoms with van der Waals surface area (Å²) in [6.07, 6.45) is -0.0331. The first-order valence-corrected chi connectivity index (χ1v) is 8.14. The predicted molar refractivity (Wildman–Crippen MR) is 90.8 cm³/mol. The molecule has 0 aromatic carbocycles. The summed E-state index contributed by atoms with van der Waals surface area (Å²) in [4.78, 5) is 12.6. The number of ether oxygens (including phenoxy) is 2. The van der Waals surface area contributed by atoms with Crippen molar-refractivity contribution in [1.82, 2.24) is 19.9 Å². The van der Waals surface area contributed by atoms with Gasteiger partial charge < -0.3 is 14.0 Å². The van der Waals surface area contributed by atoms with Crippen LogP contribution in [0.15, 0.2) is 23.4 Å². The number of nitrogens with zero attached hydrogens (tertiary/aromatic N) is 3. The van der Waals surface area contributed by atoms with Crippen molar-refractivity contribution < 1.29 is 23.7 Å². The molecule has 0 aliphatic rings. The van der Waals surface area contributed by atoms with E-state index in [1.165, 1.54) is 7.11 Å². The van der Waals surface area contributed by atoms with Crippen LogP contribution in [-0.4, -0.2) is 38.6 Å². The fourth-order valence-electron chi connectivity index (χ4n) is 2.20. The number of H-pyrrole nitrogens is 1. The maximum Gasteiger partial charge on any atom is 0.323 e. The number of fused-ring (bicyclic) bond motifs is 1. The maximum atomic E-state index is 13.0. The van der Waals surface area contributed by atoms with Crippen molar-refractivity contribution in [3.05, 3.63) is 35.1 Å². The second-order valence-electron chi connectivity index (χ2n) is 4.89. The van der Waals surface area contributed by atoms with Gasteiger partial charge in [0.15, 0.2) is 12.8 Å². The van der Waals surface area contributed by atoms with Crippen LogP contribution in [0.5, 0.6) is 11.6 Å². The third kappa shape index (κ3) is 3.02. The average molecular weight is 353 g/mol. The number of hydrogen-bond donors (Lipinski definition) is 1. The molecule has 0 saturated carbocycles. The van der Waals surface area contributed by atoms with Crippen LogP contribution in [0.4, 0.5) is 0 Å². The van der Waals surface area contributed by atoms with Gasteiger partial charge in [-0.15, -0.1) is 0 Å². The van der Waals surface area contributed by atoms with Gasteiger partial charge in [0.2, 0.25) is 5.88 Å². The van der Waals surface area contributed by atoms with E-state index in [9.17, 15) is 4.55 Å². The summed E-state index contributed by atoms with van der Waals surface area (Å²) >= 11 is -1.93. The van der Waals surface area contributed by atoms with Crippen LogP contribution in [0, 0.1) is 13.8 Å². The lowest BCUT2D eigenvalue weighted by Crippen LogP contribution is -2.10. The molecule has 0 radical (unpaired) electrons. The molecule has 3 aromatic rings. The summed E-state index contributed by atoms with van der Waals surface area (Å²) in [7, 11) is -1.43. The molecule has 3 rings (SSSR count). The highest BCUT2D eigenvalue weighted by molar-refractivity contribution is 7.90. The van der Waals surface area contributed by atoms with Gasteiger partial charge in [-0.05, 0) is 19.9 Å². The van der Waals surface area contributed by atoms with E-state index in [2.05, 4.69) is 19.7 Å². The minimum atomic E-state index is -2.89. The SMILES string of the molecule is [2H]c1nc(C[S+]([O-])c2nc3nc(OC([2H])([2H])[2H])c([2H])c([2H])c3n2[2H])c(C)c(OC)c1C. The van der Waals surface area contributed by atoms with E-state index in [-0.39, 0.29) is 28.2 Å². The molecule has 0 amide bonds. The van der Waals surface area contributed by atoms with Gasteiger partial charge >= 0.3 is 5.16 Å². The number of nitrogens with one attached hydrogen (secondary N) is 1. The Bertz CT molecular complexity index is 1170. The van der Waals surface area contributed by atoms with E-state index in [1.807, 2.05) is 0 Å². The molecule has 0 aliphatic carbocycles. The number of hydrogen-bond acceptors (Lipinski definition) is 6. The lowest BCUT2D eigenvalue weighted by atomic mass is 10.1. The molecular weight excluding hydrogens is 328 g/mol. The molecule has 0 bridgehead atoms. The van der Waals surface area contributed by atoms with E-state index in [0.717, 1.165) is 0 Å². The van der Waals surface area contributed by atoms with Crippen molar-refractivity contribution in [3.63, 3.8) is 0 Å². The zero-order valence-corrected chi connectivity index (χ0v) is 13.9. The van der Waals surface area contributed by atoms with Crippen LogP contribution >= 0.6 is 0 Å². The van der Waals surface area contributed by atoms with Crippen LogP contribution in [-0.2, 0) is 16.9 Å². The fourth-order valence-corrected chi connectivity index (χ4v) is 3.24. The highest BCUT2D eigenvalue weighted by atomic mass is 32.2. The molecule has 1 atom stereocenters.